The van der Waals surface area contributed by atoms with Gasteiger partial charge in [0.1, 0.15) is 24.0 Å². The van der Waals surface area contributed by atoms with Crippen LogP contribution in [0.25, 0.3) is 11.2 Å². The number of imidazole rings is 1. The van der Waals surface area contributed by atoms with Gasteiger partial charge >= 0.3 is 13.7 Å². The van der Waals surface area contributed by atoms with E-state index in [1.165, 1.54) is 17.8 Å². The van der Waals surface area contributed by atoms with Crippen molar-refractivity contribution in [3.8, 4) is 5.75 Å². The molecule has 0 radical (unpaired) electrons. The van der Waals surface area contributed by atoms with Crippen molar-refractivity contribution in [2.24, 2.45) is 0 Å². The number of esters is 1. The molecule has 3 heterocycles. The molecule has 1 aromatic carbocycles. The molecule has 5 rings (SSSR count). The number of ether oxygens (including phenoxy) is 2. The van der Waals surface area contributed by atoms with Crippen molar-refractivity contribution in [1.29, 1.82) is 0 Å². The van der Waals surface area contributed by atoms with Gasteiger partial charge in [-0.3, -0.25) is 13.9 Å². The molecule has 0 amide bonds. The predicted octanol–water partition coefficient (Wildman–Crippen LogP) is 2.74. The molecule has 1 saturated heterocycles. The van der Waals surface area contributed by atoms with Gasteiger partial charge in [-0.25, -0.2) is 13.9 Å². The monoisotopic (exact) mass is 607 g/mol. The van der Waals surface area contributed by atoms with Crippen LogP contribution in [0.5, 0.6) is 5.75 Å². The van der Waals surface area contributed by atoms with Crippen molar-refractivity contribution in [2.45, 2.75) is 76.4 Å². The number of hydrogen-bond acceptors (Lipinski definition) is 12. The lowest BCUT2D eigenvalue weighted by molar-refractivity contribution is -0.149. The molecule has 1 saturated carbocycles. The zero-order chi connectivity index (χ0) is 30.2. The van der Waals surface area contributed by atoms with E-state index in [1.807, 2.05) is 11.9 Å². The normalized spacial score (nSPS) is 24.5. The Morgan fingerprint density at radius 1 is 1.29 bits per heavy atom. The second-order valence-electron chi connectivity index (χ2n) is 10.6. The Morgan fingerprint density at radius 2 is 2.00 bits per heavy atom. The van der Waals surface area contributed by atoms with Crippen molar-refractivity contribution >= 4 is 36.6 Å². The van der Waals surface area contributed by atoms with Gasteiger partial charge in [-0.05, 0) is 45.7 Å². The molecule has 1 aliphatic carbocycles. The lowest BCUT2D eigenvalue weighted by atomic mass is 10.1. The highest BCUT2D eigenvalue weighted by Crippen LogP contribution is 2.46. The summed E-state index contributed by atoms with van der Waals surface area (Å²) >= 11 is 0. The second kappa shape index (κ2) is 12.1. The number of hydrogen-bond donors (Lipinski definition) is 3. The van der Waals surface area contributed by atoms with Gasteiger partial charge in [0, 0.05) is 13.1 Å². The predicted molar refractivity (Wildman–Crippen MR) is 150 cm³/mol. The van der Waals surface area contributed by atoms with E-state index < -0.39 is 57.1 Å². The Kier molecular flexibility index (Phi) is 8.67. The molecule has 0 bridgehead atoms. The third-order valence-corrected chi connectivity index (χ3v) is 8.50. The molecular formula is C26H35FN7O7P. The van der Waals surface area contributed by atoms with Crippen molar-refractivity contribution < 1.29 is 37.4 Å². The molecule has 6 atom stereocenters. The number of fused-ring (bicyclic) bond motifs is 1. The van der Waals surface area contributed by atoms with Gasteiger partial charge in [0.25, 0.3) is 0 Å². The van der Waals surface area contributed by atoms with Gasteiger partial charge in [-0.1, -0.05) is 18.2 Å². The number of carbonyl (C=O) groups excluding carboxylic acids is 1. The molecule has 0 unspecified atom stereocenters. The molecule has 2 aromatic heterocycles. The number of aromatic nitrogens is 4. The SMILES string of the molecule is CC(C)OC(=O)[C@@H](C)N[P@](=O)(OC[C@H]1O[C@@H](n2cnc3c(N(C)C4CC4)nc(N)nc32)[C@@H](F)[C@@H]1O)Oc1ccccc1. The maximum atomic E-state index is 15.5. The number of halogens is 1. The summed E-state index contributed by atoms with van der Waals surface area (Å²) < 4.78 is 52.8. The van der Waals surface area contributed by atoms with Crippen LogP contribution in [0.15, 0.2) is 36.7 Å². The van der Waals surface area contributed by atoms with Gasteiger partial charge < -0.3 is 29.7 Å². The number of nitrogen functional groups attached to an aromatic ring is 1. The molecule has 2 fully saturated rings. The number of aliphatic hydroxyl groups is 1. The zero-order valence-electron chi connectivity index (χ0n) is 23.7. The Bertz CT molecular complexity index is 1460. The van der Waals surface area contributed by atoms with E-state index in [1.54, 1.807) is 44.2 Å². The summed E-state index contributed by atoms with van der Waals surface area (Å²) in [5.41, 5.74) is 6.62. The number of carbonyl (C=O) groups is 1. The van der Waals surface area contributed by atoms with E-state index in [4.69, 9.17) is 24.3 Å². The highest BCUT2D eigenvalue weighted by Gasteiger charge is 2.47. The second-order valence-corrected chi connectivity index (χ2v) is 12.3. The van der Waals surface area contributed by atoms with Crippen LogP contribution in [0.1, 0.15) is 39.8 Å². The van der Waals surface area contributed by atoms with Crippen LogP contribution in [-0.2, 0) is 23.4 Å². The summed E-state index contributed by atoms with van der Waals surface area (Å²) in [6.07, 6.45) is -3.20. The smallest absolute Gasteiger partial charge is 0.459 e. The number of anilines is 2. The van der Waals surface area contributed by atoms with Crippen LogP contribution in [0.2, 0.25) is 0 Å². The van der Waals surface area contributed by atoms with Crippen LogP contribution < -0.4 is 20.2 Å². The Balaban J connectivity index is 1.34. The molecule has 14 nitrogen and oxygen atoms in total. The minimum absolute atomic E-state index is 0.0178. The van der Waals surface area contributed by atoms with E-state index in [2.05, 4.69) is 20.0 Å². The summed E-state index contributed by atoms with van der Waals surface area (Å²) in [4.78, 5) is 27.3. The maximum Gasteiger partial charge on any atom is 0.459 e. The van der Waals surface area contributed by atoms with E-state index in [9.17, 15) is 14.5 Å². The van der Waals surface area contributed by atoms with Gasteiger partial charge in [-0.15, -0.1) is 0 Å². The topological polar surface area (TPSA) is 176 Å². The van der Waals surface area contributed by atoms with Crippen molar-refractivity contribution in [3.63, 3.8) is 0 Å². The molecule has 16 heteroatoms. The number of nitrogens with zero attached hydrogens (tertiary/aromatic N) is 5. The Labute approximate surface area is 241 Å². The molecule has 4 N–H and O–H groups in total. The molecular weight excluding hydrogens is 572 g/mol. The highest BCUT2D eigenvalue weighted by atomic mass is 31.2. The Morgan fingerprint density at radius 3 is 2.67 bits per heavy atom. The third-order valence-electron chi connectivity index (χ3n) is 6.85. The number of aliphatic hydroxyl groups excluding tert-OH is 1. The van der Waals surface area contributed by atoms with Crippen LogP contribution in [0, 0.1) is 0 Å². The summed E-state index contributed by atoms with van der Waals surface area (Å²) in [5, 5.41) is 13.3. The van der Waals surface area contributed by atoms with Crippen LogP contribution in [-0.4, -0.2) is 80.8 Å². The molecule has 3 aromatic rings. The fourth-order valence-electron chi connectivity index (χ4n) is 4.56. The van der Waals surface area contributed by atoms with Gasteiger partial charge in [-0.2, -0.15) is 15.1 Å². The maximum absolute atomic E-state index is 15.5. The van der Waals surface area contributed by atoms with Gasteiger partial charge in [0.2, 0.25) is 5.95 Å². The summed E-state index contributed by atoms with van der Waals surface area (Å²) in [6, 6.07) is 7.40. The first kappa shape index (κ1) is 30.1. The van der Waals surface area contributed by atoms with E-state index in [-0.39, 0.29) is 17.3 Å². The van der Waals surface area contributed by atoms with Gasteiger partial charge in [0.15, 0.2) is 29.4 Å². The largest absolute Gasteiger partial charge is 0.462 e. The lowest BCUT2D eigenvalue weighted by Gasteiger charge is -2.25. The number of alkyl halides is 1. The van der Waals surface area contributed by atoms with E-state index in [0.717, 1.165) is 12.8 Å². The van der Waals surface area contributed by atoms with Crippen molar-refractivity contribution in [2.75, 3.05) is 24.3 Å². The average Bonchev–Trinajstić information content (AvgIpc) is 3.65. The average molecular weight is 608 g/mol. The number of rotatable bonds is 12. The molecule has 0 spiro atoms. The van der Waals surface area contributed by atoms with E-state index in [0.29, 0.717) is 17.4 Å². The van der Waals surface area contributed by atoms with Crippen molar-refractivity contribution in [3.05, 3.63) is 36.7 Å². The summed E-state index contributed by atoms with van der Waals surface area (Å²) in [6.45, 7) is 4.26. The third kappa shape index (κ3) is 6.50. The van der Waals surface area contributed by atoms with Crippen LogP contribution in [0.3, 0.4) is 0 Å². The molecule has 42 heavy (non-hydrogen) atoms. The number of nitrogens with two attached hydrogens (primary N) is 1. The van der Waals surface area contributed by atoms with E-state index >= 15 is 4.39 Å². The van der Waals surface area contributed by atoms with Crippen LogP contribution in [0.4, 0.5) is 16.2 Å². The highest BCUT2D eigenvalue weighted by molar-refractivity contribution is 7.52. The first-order valence-corrected chi connectivity index (χ1v) is 15.2. The van der Waals surface area contributed by atoms with Crippen molar-refractivity contribution in [1.82, 2.24) is 24.6 Å². The first-order chi connectivity index (χ1) is 20.0. The fraction of sp³-hybridized carbons (Fsp3) is 0.538. The molecule has 1 aliphatic heterocycles. The number of benzene rings is 1. The minimum Gasteiger partial charge on any atom is -0.462 e. The quantitative estimate of drug-likeness (QED) is 0.203. The minimum atomic E-state index is -4.27. The van der Waals surface area contributed by atoms with Crippen LogP contribution >= 0.6 is 7.75 Å². The summed E-state index contributed by atoms with van der Waals surface area (Å²) in [7, 11) is -2.39. The number of para-hydroxylation sites is 1. The van der Waals surface area contributed by atoms with Gasteiger partial charge in [0.05, 0.1) is 19.0 Å². The first-order valence-electron chi connectivity index (χ1n) is 13.6. The standard InChI is InChI=1S/C26H35FN7O7P/c1-14(2)39-25(36)15(3)32-42(37,41-17-8-6-5-7-9-17)38-12-18-21(35)19(27)24(40-18)34-13-29-20-22(33(4)16-10-11-16)30-26(28)31-23(20)34/h5-9,13-16,18-19,21,24,35H,10-12H2,1-4H3,(H,32,37)(H2,28,30,31)/t15-,18-,19+,21-,24-,42+/m1/s1. The summed E-state index contributed by atoms with van der Waals surface area (Å²) in [5.74, 6) is 0.0195. The zero-order valence-corrected chi connectivity index (χ0v) is 24.6. The fourth-order valence-corrected chi connectivity index (χ4v) is 6.06. The molecule has 2 aliphatic rings. The molecule has 228 valence electrons. The number of nitrogens with one attached hydrogen (secondary N) is 1. The Hall–Kier alpha value is -3.36. The lowest BCUT2D eigenvalue weighted by Crippen LogP contribution is -2.37.